The third kappa shape index (κ3) is 5.44. The largest absolute Gasteiger partial charge is 0.309 e. The molecule has 0 atom stereocenters. The number of hydrogen-bond acceptors (Lipinski definition) is 2. The number of anilines is 3. The maximum Gasteiger partial charge on any atom is 0.0640 e. The van der Waals surface area contributed by atoms with Crippen LogP contribution in [0.2, 0.25) is 0 Å². The molecule has 65 heavy (non-hydrogen) atoms. The van der Waals surface area contributed by atoms with Crippen molar-refractivity contribution in [3.8, 4) is 55.6 Å². The van der Waals surface area contributed by atoms with Gasteiger partial charge in [-0.05, 0) is 144 Å². The van der Waals surface area contributed by atoms with Gasteiger partial charge in [0.1, 0.15) is 0 Å². The predicted octanol–water partition coefficient (Wildman–Crippen LogP) is 17.8. The minimum Gasteiger partial charge on any atom is -0.309 e. The molecule has 0 unspecified atom stereocenters. The summed E-state index contributed by atoms with van der Waals surface area (Å²) in [5.41, 5.74) is 24.7. The van der Waals surface area contributed by atoms with Crippen LogP contribution in [0.3, 0.4) is 0 Å². The maximum absolute atomic E-state index is 2.50. The van der Waals surface area contributed by atoms with E-state index in [1.165, 1.54) is 115 Å². The van der Waals surface area contributed by atoms with Crippen LogP contribution in [0, 0.1) is 0 Å². The van der Waals surface area contributed by atoms with Crippen LogP contribution in [0.15, 0.2) is 188 Å². The zero-order chi connectivity index (χ0) is 44.0. The highest BCUT2D eigenvalue weighted by Gasteiger charge is 2.38. The SMILES string of the molecule is CC1(C)c2ccccc2-c2ccc(-c3ccc(N(c4cccc(-c5ccc6c(c5)C(C)(C)c5ccccc5-6)c4)c4cccc5c4sc4cc6c(cc45)C(C)(C)c4ccccc4-6)cc3)cc21. The minimum absolute atomic E-state index is 0.0511. The normalized spacial score (nSPS) is 15.3. The summed E-state index contributed by atoms with van der Waals surface area (Å²) >= 11 is 1.92. The van der Waals surface area contributed by atoms with Crippen LogP contribution < -0.4 is 4.90 Å². The molecular formula is C63H49NS. The molecule has 1 nitrogen and oxygen atoms in total. The third-order valence-electron chi connectivity index (χ3n) is 15.5. The molecule has 0 amide bonds. The highest BCUT2D eigenvalue weighted by atomic mass is 32.1. The molecule has 2 heteroatoms. The van der Waals surface area contributed by atoms with Crippen LogP contribution >= 0.6 is 11.3 Å². The van der Waals surface area contributed by atoms with Gasteiger partial charge in [0.25, 0.3) is 0 Å². The van der Waals surface area contributed by atoms with Gasteiger partial charge in [-0.25, -0.2) is 0 Å². The monoisotopic (exact) mass is 851 g/mol. The topological polar surface area (TPSA) is 3.24 Å². The van der Waals surface area contributed by atoms with Gasteiger partial charge in [-0.1, -0.05) is 175 Å². The van der Waals surface area contributed by atoms with Crippen molar-refractivity contribution in [2.45, 2.75) is 57.8 Å². The van der Waals surface area contributed by atoms with E-state index < -0.39 is 0 Å². The van der Waals surface area contributed by atoms with Gasteiger partial charge in [-0.15, -0.1) is 11.3 Å². The summed E-state index contributed by atoms with van der Waals surface area (Å²) in [7, 11) is 0. The molecule has 0 radical (unpaired) electrons. The molecule has 312 valence electrons. The average Bonchev–Trinajstić information content (AvgIpc) is 3.97. The Morgan fingerprint density at radius 3 is 1.40 bits per heavy atom. The van der Waals surface area contributed by atoms with Crippen LogP contribution in [0.25, 0.3) is 75.8 Å². The number of benzene rings is 9. The Balaban J connectivity index is 0.959. The summed E-state index contributed by atoms with van der Waals surface area (Å²) in [6.07, 6.45) is 0. The van der Waals surface area contributed by atoms with Crippen molar-refractivity contribution in [1.29, 1.82) is 0 Å². The number of thiophene rings is 1. The van der Waals surface area contributed by atoms with Gasteiger partial charge in [0.15, 0.2) is 0 Å². The number of nitrogens with zero attached hydrogens (tertiary/aromatic N) is 1. The van der Waals surface area contributed by atoms with Crippen molar-refractivity contribution >= 4 is 48.6 Å². The van der Waals surface area contributed by atoms with Crippen LogP contribution in [0.1, 0.15) is 74.9 Å². The van der Waals surface area contributed by atoms with Crippen LogP contribution in [-0.4, -0.2) is 0 Å². The molecule has 3 aliphatic carbocycles. The third-order valence-corrected chi connectivity index (χ3v) is 16.7. The second-order valence-electron chi connectivity index (χ2n) is 20.1. The van der Waals surface area contributed by atoms with Crippen molar-refractivity contribution in [2.24, 2.45) is 0 Å². The second kappa shape index (κ2) is 13.5. The van der Waals surface area contributed by atoms with E-state index in [2.05, 4.69) is 234 Å². The molecule has 13 rings (SSSR count). The Hall–Kier alpha value is -7.00. The van der Waals surface area contributed by atoms with E-state index in [0.717, 1.165) is 11.4 Å². The van der Waals surface area contributed by atoms with Crippen LogP contribution in [0.5, 0.6) is 0 Å². The standard InChI is InChI=1S/C63H49NS/c1-61(2)52-21-10-7-17-44(52)47-31-27-40(34-55(47)61)38-25-29-42(30-26-38)64(43-16-13-15-39(33-43)41-28-32-48-45-18-8-11-22-53(45)62(3,4)56(48)35-41)58-24-14-20-49-51-36-57-50(37-59(51)65-60(49)58)46-19-9-12-23-54(46)63(57,5)6/h7-37H,1-6H3. The average molecular weight is 852 g/mol. The number of fused-ring (bicyclic) bond motifs is 12. The second-order valence-corrected chi connectivity index (χ2v) is 21.2. The molecule has 0 saturated carbocycles. The predicted molar refractivity (Wildman–Crippen MR) is 278 cm³/mol. The zero-order valence-corrected chi connectivity index (χ0v) is 38.6. The van der Waals surface area contributed by atoms with E-state index in [4.69, 9.17) is 0 Å². The summed E-state index contributed by atoms with van der Waals surface area (Å²) in [6.45, 7) is 14.2. The molecule has 1 heterocycles. The van der Waals surface area contributed by atoms with E-state index in [1.807, 2.05) is 11.3 Å². The first kappa shape index (κ1) is 38.5. The van der Waals surface area contributed by atoms with E-state index >= 15 is 0 Å². The molecule has 0 aliphatic heterocycles. The van der Waals surface area contributed by atoms with E-state index in [-0.39, 0.29) is 16.2 Å². The fraction of sp³-hybridized carbons (Fsp3) is 0.143. The Morgan fingerprint density at radius 2 is 0.800 bits per heavy atom. The van der Waals surface area contributed by atoms with Crippen molar-refractivity contribution in [1.82, 2.24) is 0 Å². The molecule has 0 N–H and O–H groups in total. The minimum atomic E-state index is -0.0692. The summed E-state index contributed by atoms with van der Waals surface area (Å²) in [6, 6.07) is 71.3. The quantitative estimate of drug-likeness (QED) is 0.167. The summed E-state index contributed by atoms with van der Waals surface area (Å²) in [5.74, 6) is 0. The van der Waals surface area contributed by atoms with E-state index in [0.29, 0.717) is 0 Å². The first-order chi connectivity index (χ1) is 31.5. The summed E-state index contributed by atoms with van der Waals surface area (Å²) in [5, 5.41) is 2.64. The van der Waals surface area contributed by atoms with Gasteiger partial charge in [-0.3, -0.25) is 0 Å². The summed E-state index contributed by atoms with van der Waals surface area (Å²) in [4.78, 5) is 2.49. The van der Waals surface area contributed by atoms with E-state index in [9.17, 15) is 0 Å². The van der Waals surface area contributed by atoms with E-state index in [1.54, 1.807) is 0 Å². The molecule has 0 fully saturated rings. The Labute approximate surface area is 386 Å². The van der Waals surface area contributed by atoms with Gasteiger partial charge < -0.3 is 4.90 Å². The van der Waals surface area contributed by atoms with Crippen molar-refractivity contribution in [2.75, 3.05) is 4.90 Å². The van der Waals surface area contributed by atoms with Crippen molar-refractivity contribution in [3.63, 3.8) is 0 Å². The fourth-order valence-electron chi connectivity index (χ4n) is 12.0. The molecule has 1 aromatic heterocycles. The van der Waals surface area contributed by atoms with Gasteiger partial charge in [0, 0.05) is 43.1 Å². The van der Waals surface area contributed by atoms with Gasteiger partial charge >= 0.3 is 0 Å². The molecule has 0 bridgehead atoms. The molecule has 0 spiro atoms. The Morgan fingerprint density at radius 1 is 0.323 bits per heavy atom. The lowest BCUT2D eigenvalue weighted by molar-refractivity contribution is 0.660. The maximum atomic E-state index is 2.50. The van der Waals surface area contributed by atoms with Crippen LogP contribution in [-0.2, 0) is 16.2 Å². The van der Waals surface area contributed by atoms with Gasteiger partial charge in [0.05, 0.1) is 10.4 Å². The molecule has 10 aromatic rings. The highest BCUT2D eigenvalue weighted by Crippen LogP contribution is 2.54. The Kier molecular flexibility index (Phi) is 8.00. The zero-order valence-electron chi connectivity index (χ0n) is 37.8. The lowest BCUT2D eigenvalue weighted by atomic mass is 9.81. The number of rotatable bonds is 5. The highest BCUT2D eigenvalue weighted by molar-refractivity contribution is 7.26. The smallest absolute Gasteiger partial charge is 0.0640 e. The van der Waals surface area contributed by atoms with Gasteiger partial charge in [0.2, 0.25) is 0 Å². The molecule has 0 saturated heterocycles. The van der Waals surface area contributed by atoms with Crippen molar-refractivity contribution in [3.05, 3.63) is 221 Å². The number of hydrogen-bond donors (Lipinski definition) is 0. The fourth-order valence-corrected chi connectivity index (χ4v) is 13.2. The lowest BCUT2D eigenvalue weighted by Gasteiger charge is -2.27. The lowest BCUT2D eigenvalue weighted by Crippen LogP contribution is -2.15. The molecule has 9 aromatic carbocycles. The van der Waals surface area contributed by atoms with Crippen LogP contribution in [0.4, 0.5) is 17.1 Å². The molecule has 3 aliphatic rings. The van der Waals surface area contributed by atoms with Gasteiger partial charge in [-0.2, -0.15) is 0 Å². The van der Waals surface area contributed by atoms with Crippen molar-refractivity contribution < 1.29 is 0 Å². The summed E-state index contributed by atoms with van der Waals surface area (Å²) < 4.78 is 2.62. The molecular weight excluding hydrogens is 803 g/mol. The first-order valence-corrected chi connectivity index (χ1v) is 23.9. The first-order valence-electron chi connectivity index (χ1n) is 23.1. The Bertz CT molecular complexity index is 3630.